The van der Waals surface area contributed by atoms with E-state index in [4.69, 9.17) is 0 Å². The number of aromatic nitrogens is 1. The summed E-state index contributed by atoms with van der Waals surface area (Å²) in [4.78, 5) is 41.2. The number of hydrazine groups is 1. The van der Waals surface area contributed by atoms with Gasteiger partial charge in [-0.1, -0.05) is 44.9 Å². The Labute approximate surface area is 190 Å². The first kappa shape index (κ1) is 23.9. The van der Waals surface area contributed by atoms with Crippen molar-refractivity contribution in [1.82, 2.24) is 20.1 Å². The number of pyridine rings is 1. The molecule has 0 saturated heterocycles. The maximum absolute atomic E-state index is 13.5. The van der Waals surface area contributed by atoms with Gasteiger partial charge in [-0.3, -0.25) is 19.8 Å². The third kappa shape index (κ3) is 5.92. The lowest BCUT2D eigenvalue weighted by Gasteiger charge is -2.28. The summed E-state index contributed by atoms with van der Waals surface area (Å²) < 4.78 is 1.90. The van der Waals surface area contributed by atoms with Crippen LogP contribution in [0.2, 0.25) is 0 Å². The van der Waals surface area contributed by atoms with Gasteiger partial charge in [0.1, 0.15) is 11.1 Å². The number of amides is 2. The Morgan fingerprint density at radius 2 is 1.71 bits per heavy atom. The van der Waals surface area contributed by atoms with Crippen LogP contribution in [0.4, 0.5) is 0 Å². The predicted octanol–water partition coefficient (Wildman–Crippen LogP) is 3.06. The molecular formula is C23H36N4O3S. The molecule has 1 fully saturated rings. The van der Waals surface area contributed by atoms with E-state index < -0.39 is 17.4 Å². The number of carbonyl (C=O) groups is 2. The predicted molar refractivity (Wildman–Crippen MR) is 125 cm³/mol. The van der Waals surface area contributed by atoms with Crippen molar-refractivity contribution in [2.75, 3.05) is 0 Å². The molecule has 3 N–H and O–H groups in total. The smallest absolute Gasteiger partial charge is 0.263 e. The zero-order valence-corrected chi connectivity index (χ0v) is 19.7. The Hall–Kier alpha value is -1.80. The number of carbonyl (C=O) groups excluding carboxylic acids is 2. The monoisotopic (exact) mass is 448 g/mol. The minimum atomic E-state index is -1.20. The summed E-state index contributed by atoms with van der Waals surface area (Å²) in [6.07, 6.45) is 12.2. The molecule has 0 bridgehead atoms. The summed E-state index contributed by atoms with van der Waals surface area (Å²) >= 11 is 3.77. The average Bonchev–Trinajstić information content (AvgIpc) is 2.71. The maximum atomic E-state index is 13.5. The fraction of sp³-hybridized carbons (Fsp3) is 0.696. The Kier molecular flexibility index (Phi) is 8.22. The number of thiol groups is 1. The quantitative estimate of drug-likeness (QED) is 0.398. The molecule has 0 aromatic carbocycles. The second-order valence-electron chi connectivity index (χ2n) is 9.51. The van der Waals surface area contributed by atoms with Crippen LogP contribution in [0.15, 0.2) is 10.9 Å². The van der Waals surface area contributed by atoms with Crippen molar-refractivity contribution in [3.8, 4) is 0 Å². The van der Waals surface area contributed by atoms with E-state index in [9.17, 15) is 14.4 Å². The van der Waals surface area contributed by atoms with Crippen molar-refractivity contribution >= 4 is 24.6 Å². The molecule has 7 nitrogen and oxygen atoms in total. The van der Waals surface area contributed by atoms with Crippen molar-refractivity contribution in [3.05, 3.63) is 33.2 Å². The van der Waals surface area contributed by atoms with Crippen LogP contribution in [0.5, 0.6) is 0 Å². The lowest BCUT2D eigenvalue weighted by Crippen LogP contribution is -2.57. The molecule has 0 radical (unpaired) electrons. The summed E-state index contributed by atoms with van der Waals surface area (Å²) in [6.45, 7) is 3.88. The van der Waals surface area contributed by atoms with E-state index in [0.717, 1.165) is 49.8 Å². The van der Waals surface area contributed by atoms with Crippen LogP contribution < -0.4 is 21.1 Å². The highest BCUT2D eigenvalue weighted by Gasteiger charge is 2.31. The topological polar surface area (TPSA) is 92.2 Å². The van der Waals surface area contributed by atoms with E-state index in [-0.39, 0.29) is 11.1 Å². The van der Waals surface area contributed by atoms with Crippen molar-refractivity contribution in [1.29, 1.82) is 0 Å². The number of hydrogen-bond donors (Lipinski definition) is 4. The van der Waals surface area contributed by atoms with E-state index in [2.05, 4.69) is 28.4 Å². The molecule has 0 atom stereocenters. The van der Waals surface area contributed by atoms with Gasteiger partial charge in [-0.25, -0.2) is 0 Å². The summed E-state index contributed by atoms with van der Waals surface area (Å²) in [7, 11) is 0. The summed E-state index contributed by atoms with van der Waals surface area (Å²) in [6, 6.07) is 1.78. The average molecular weight is 449 g/mol. The summed E-state index contributed by atoms with van der Waals surface area (Å²) in [5.74, 6) is -0.459. The molecular weight excluding hydrogens is 412 g/mol. The van der Waals surface area contributed by atoms with E-state index in [1.165, 1.54) is 32.1 Å². The second-order valence-corrected chi connectivity index (χ2v) is 9.73. The third-order valence-corrected chi connectivity index (χ3v) is 6.79. The fourth-order valence-corrected chi connectivity index (χ4v) is 4.93. The molecule has 1 heterocycles. The van der Waals surface area contributed by atoms with Crippen LogP contribution in [0.3, 0.4) is 0 Å². The Balaban J connectivity index is 1.96. The molecule has 0 aliphatic heterocycles. The first-order valence-corrected chi connectivity index (χ1v) is 12.1. The third-order valence-electron chi connectivity index (χ3n) is 6.67. The molecule has 3 rings (SSSR count). The standard InChI is InChI=1S/C23H36N4O3S/c1-23(2,22(30)25-26-31)24-20(28)18-14-17-12-8-3-4-9-13-19(17)27(21(18)29)15-16-10-6-5-7-11-16/h14,16,26,31H,3-13,15H2,1-2H3,(H,24,28)(H,25,30). The highest BCUT2D eigenvalue weighted by atomic mass is 32.1. The van der Waals surface area contributed by atoms with Gasteiger partial charge in [0.25, 0.3) is 17.4 Å². The molecule has 0 unspecified atom stereocenters. The van der Waals surface area contributed by atoms with E-state index in [1.54, 1.807) is 19.9 Å². The molecule has 1 aromatic rings. The lowest BCUT2D eigenvalue weighted by atomic mass is 9.88. The first-order valence-electron chi connectivity index (χ1n) is 11.6. The SMILES string of the molecule is CC(C)(NC(=O)c1cc2c(n(CC3CCCCC3)c1=O)CCCCCC2)C(=O)NNS. The molecule has 2 aliphatic rings. The van der Waals surface area contributed by atoms with E-state index >= 15 is 0 Å². The second kappa shape index (κ2) is 10.7. The highest BCUT2D eigenvalue weighted by molar-refractivity contribution is 7.78. The van der Waals surface area contributed by atoms with Crippen molar-refractivity contribution in [3.63, 3.8) is 0 Å². The van der Waals surface area contributed by atoms with Crippen LogP contribution in [-0.2, 0) is 24.2 Å². The van der Waals surface area contributed by atoms with E-state index in [1.807, 2.05) is 4.57 Å². The Morgan fingerprint density at radius 1 is 1.06 bits per heavy atom. The number of nitrogens with zero attached hydrogens (tertiary/aromatic N) is 1. The largest absolute Gasteiger partial charge is 0.338 e. The van der Waals surface area contributed by atoms with Crippen LogP contribution in [-0.4, -0.2) is 21.9 Å². The van der Waals surface area contributed by atoms with Crippen molar-refractivity contribution < 1.29 is 9.59 Å². The van der Waals surface area contributed by atoms with Gasteiger partial charge in [0.05, 0.1) is 0 Å². The van der Waals surface area contributed by atoms with Crippen LogP contribution in [0.1, 0.15) is 93.3 Å². The van der Waals surface area contributed by atoms with Gasteiger partial charge in [0, 0.05) is 12.2 Å². The van der Waals surface area contributed by atoms with Gasteiger partial charge < -0.3 is 9.88 Å². The molecule has 0 spiro atoms. The zero-order chi connectivity index (χ0) is 22.4. The number of fused-ring (bicyclic) bond motifs is 1. The van der Waals surface area contributed by atoms with Gasteiger partial charge >= 0.3 is 0 Å². The normalized spacial score (nSPS) is 17.9. The molecule has 2 aliphatic carbocycles. The zero-order valence-electron chi connectivity index (χ0n) is 18.8. The molecule has 172 valence electrons. The van der Waals surface area contributed by atoms with Gasteiger partial charge in [-0.2, -0.15) is 4.83 Å². The van der Waals surface area contributed by atoms with Gasteiger partial charge in [-0.05, 0) is 69.9 Å². The van der Waals surface area contributed by atoms with Gasteiger partial charge in [-0.15, -0.1) is 0 Å². The minimum absolute atomic E-state index is 0.134. The molecule has 2 amide bonds. The Morgan fingerprint density at radius 3 is 2.39 bits per heavy atom. The Bertz CT molecular complexity index is 859. The van der Waals surface area contributed by atoms with Gasteiger partial charge in [0.2, 0.25) is 0 Å². The number of nitrogens with one attached hydrogen (secondary N) is 3. The van der Waals surface area contributed by atoms with E-state index in [0.29, 0.717) is 12.5 Å². The molecule has 1 saturated carbocycles. The summed E-state index contributed by atoms with van der Waals surface area (Å²) in [5.41, 5.74) is 3.30. The summed E-state index contributed by atoms with van der Waals surface area (Å²) in [5, 5.41) is 2.73. The van der Waals surface area contributed by atoms with Gasteiger partial charge in [0.15, 0.2) is 0 Å². The maximum Gasteiger partial charge on any atom is 0.263 e. The number of rotatable bonds is 6. The van der Waals surface area contributed by atoms with Crippen LogP contribution in [0, 0.1) is 5.92 Å². The van der Waals surface area contributed by atoms with Crippen LogP contribution in [0.25, 0.3) is 0 Å². The highest BCUT2D eigenvalue weighted by Crippen LogP contribution is 2.27. The number of aryl methyl sites for hydroxylation is 1. The molecule has 31 heavy (non-hydrogen) atoms. The molecule has 8 heteroatoms. The minimum Gasteiger partial charge on any atom is -0.338 e. The van der Waals surface area contributed by atoms with Crippen molar-refractivity contribution in [2.24, 2.45) is 5.92 Å². The van der Waals surface area contributed by atoms with Crippen LogP contribution >= 0.6 is 12.8 Å². The molecule has 1 aromatic heterocycles. The lowest BCUT2D eigenvalue weighted by molar-refractivity contribution is -0.126. The first-order chi connectivity index (χ1) is 14.8. The fourth-order valence-electron chi connectivity index (χ4n) is 4.83. The van der Waals surface area contributed by atoms with Crippen molar-refractivity contribution in [2.45, 2.75) is 96.6 Å². The number of hydrogen-bond acceptors (Lipinski definition) is 5.